The zero-order chi connectivity index (χ0) is 18.9. The number of aromatic nitrogens is 3. The molecule has 1 aromatic heterocycles. The van der Waals surface area contributed by atoms with Crippen molar-refractivity contribution in [2.24, 2.45) is 5.92 Å². The van der Waals surface area contributed by atoms with E-state index in [9.17, 15) is 4.79 Å². The topological polar surface area (TPSA) is 81.1 Å². The zero-order valence-electron chi connectivity index (χ0n) is 15.9. The van der Waals surface area contributed by atoms with E-state index in [2.05, 4.69) is 20.9 Å². The lowest BCUT2D eigenvalue weighted by molar-refractivity contribution is -0.122. The van der Waals surface area contributed by atoms with Crippen LogP contribution in [0, 0.1) is 5.92 Å². The lowest BCUT2D eigenvalue weighted by Crippen LogP contribution is -2.44. The summed E-state index contributed by atoms with van der Waals surface area (Å²) in [4.78, 5) is 12.3. The summed E-state index contributed by atoms with van der Waals surface area (Å²) in [5.41, 5.74) is 2.18. The molecule has 0 radical (unpaired) electrons. The number of carbonyl (C=O) groups excluding carboxylic acids is 1. The smallest absolute Gasteiger partial charge is 0.242 e. The fourth-order valence-electron chi connectivity index (χ4n) is 4.13. The van der Waals surface area contributed by atoms with Crippen molar-refractivity contribution in [3.8, 4) is 5.75 Å². The molecule has 2 aromatic rings. The Morgan fingerprint density at radius 1 is 1.48 bits per heavy atom. The van der Waals surface area contributed by atoms with E-state index >= 15 is 0 Å². The maximum absolute atomic E-state index is 12.3. The molecule has 2 aliphatic rings. The summed E-state index contributed by atoms with van der Waals surface area (Å²) in [6, 6.07) is 7.79. The minimum Gasteiger partial charge on any atom is -0.491 e. The molecule has 27 heavy (non-hydrogen) atoms. The second-order valence-corrected chi connectivity index (χ2v) is 7.91. The van der Waals surface area contributed by atoms with Gasteiger partial charge in [0.2, 0.25) is 5.91 Å². The van der Waals surface area contributed by atoms with E-state index in [1.165, 1.54) is 6.42 Å². The summed E-state index contributed by atoms with van der Waals surface area (Å²) in [5, 5.41) is 14.9. The Balaban J connectivity index is 1.31. The molecule has 0 unspecified atom stereocenters. The Morgan fingerprint density at radius 2 is 2.37 bits per heavy atom. The molecule has 1 aliphatic carbocycles. The standard InChI is InChI=1S/C20H27N5O2/c1-14(2)27-17-5-3-4-15(8-17)9-22-19(26)12-25-11-18(23-24-25)20-7-6-16(20)10-21-13-20/h3-5,8,11,14,16,21H,6-7,9-10,12-13H2,1-2H3,(H,22,26)/t16-,20-/m0/s1. The Bertz CT molecular complexity index is 818. The Kier molecular flexibility index (Phi) is 4.86. The second kappa shape index (κ2) is 7.31. The Labute approximate surface area is 159 Å². The molecule has 7 heteroatoms. The highest BCUT2D eigenvalue weighted by molar-refractivity contribution is 5.75. The maximum Gasteiger partial charge on any atom is 0.242 e. The number of nitrogens with one attached hydrogen (secondary N) is 2. The molecular formula is C20H27N5O2. The van der Waals surface area contributed by atoms with Gasteiger partial charge in [-0.2, -0.15) is 0 Å². The normalized spacial score (nSPS) is 23.7. The molecule has 1 amide bonds. The molecular weight excluding hydrogens is 342 g/mol. The number of benzene rings is 1. The van der Waals surface area contributed by atoms with Crippen LogP contribution < -0.4 is 15.4 Å². The highest BCUT2D eigenvalue weighted by Crippen LogP contribution is 2.50. The van der Waals surface area contributed by atoms with Crippen LogP contribution in [0.2, 0.25) is 0 Å². The molecule has 7 nitrogen and oxygen atoms in total. The maximum atomic E-state index is 12.3. The summed E-state index contributed by atoms with van der Waals surface area (Å²) >= 11 is 0. The van der Waals surface area contributed by atoms with Gasteiger partial charge in [0.25, 0.3) is 0 Å². The summed E-state index contributed by atoms with van der Waals surface area (Å²) in [5.74, 6) is 1.41. The molecule has 144 valence electrons. The lowest BCUT2D eigenvalue weighted by Gasteiger charge is -2.42. The van der Waals surface area contributed by atoms with Gasteiger partial charge in [-0.25, -0.2) is 4.68 Å². The van der Waals surface area contributed by atoms with Gasteiger partial charge in [0.05, 0.1) is 11.8 Å². The first-order chi connectivity index (χ1) is 13.0. The van der Waals surface area contributed by atoms with E-state index in [-0.39, 0.29) is 24.0 Å². The van der Waals surface area contributed by atoms with Gasteiger partial charge in [-0.15, -0.1) is 5.10 Å². The lowest BCUT2D eigenvalue weighted by atomic mass is 9.60. The van der Waals surface area contributed by atoms with Gasteiger partial charge >= 0.3 is 0 Å². The first-order valence-electron chi connectivity index (χ1n) is 9.69. The van der Waals surface area contributed by atoms with Crippen molar-refractivity contribution in [3.05, 3.63) is 41.7 Å². The van der Waals surface area contributed by atoms with Gasteiger partial charge in [0.15, 0.2) is 0 Å². The number of nitrogens with zero attached hydrogens (tertiary/aromatic N) is 3. The van der Waals surface area contributed by atoms with E-state index < -0.39 is 0 Å². The quantitative estimate of drug-likeness (QED) is 0.775. The van der Waals surface area contributed by atoms with Crippen molar-refractivity contribution in [1.82, 2.24) is 25.6 Å². The van der Waals surface area contributed by atoms with Crippen molar-refractivity contribution in [2.45, 2.75) is 51.3 Å². The number of ether oxygens (including phenoxy) is 1. The van der Waals surface area contributed by atoms with Gasteiger partial charge in [-0.05, 0) is 56.8 Å². The van der Waals surface area contributed by atoms with Crippen molar-refractivity contribution in [2.75, 3.05) is 13.1 Å². The number of amides is 1. The highest BCUT2D eigenvalue weighted by atomic mass is 16.5. The number of rotatable bonds is 7. The first-order valence-corrected chi connectivity index (χ1v) is 9.69. The number of carbonyl (C=O) groups is 1. The first kappa shape index (κ1) is 18.0. The van der Waals surface area contributed by atoms with Crippen molar-refractivity contribution < 1.29 is 9.53 Å². The minimum atomic E-state index is -0.0752. The molecule has 2 fully saturated rings. The Hall–Kier alpha value is -2.41. The van der Waals surface area contributed by atoms with Gasteiger partial charge < -0.3 is 15.4 Å². The molecule has 0 bridgehead atoms. The van der Waals surface area contributed by atoms with Gasteiger partial charge in [-0.1, -0.05) is 17.3 Å². The van der Waals surface area contributed by atoms with Crippen LogP contribution in [0.15, 0.2) is 30.5 Å². The molecule has 0 spiro atoms. The summed E-state index contributed by atoms with van der Waals surface area (Å²) in [6.07, 6.45) is 4.47. The Morgan fingerprint density at radius 3 is 3.11 bits per heavy atom. The fourth-order valence-corrected chi connectivity index (χ4v) is 4.13. The molecule has 1 aromatic carbocycles. The highest BCUT2D eigenvalue weighted by Gasteiger charge is 2.52. The van der Waals surface area contributed by atoms with Crippen LogP contribution in [0.25, 0.3) is 0 Å². The van der Waals surface area contributed by atoms with E-state index in [1.54, 1.807) is 4.68 Å². The van der Waals surface area contributed by atoms with Gasteiger partial charge in [0.1, 0.15) is 12.3 Å². The fraction of sp³-hybridized carbons (Fsp3) is 0.550. The third-order valence-corrected chi connectivity index (χ3v) is 5.67. The van der Waals surface area contributed by atoms with Crippen LogP contribution in [0.4, 0.5) is 0 Å². The predicted octanol–water partition coefficient (Wildman–Crippen LogP) is 1.63. The monoisotopic (exact) mass is 369 g/mol. The molecule has 2 heterocycles. The average Bonchev–Trinajstić information content (AvgIpc) is 3.18. The average molecular weight is 369 g/mol. The third-order valence-electron chi connectivity index (χ3n) is 5.67. The summed E-state index contributed by atoms with van der Waals surface area (Å²) in [6.45, 7) is 6.67. The largest absolute Gasteiger partial charge is 0.491 e. The van der Waals surface area contributed by atoms with Gasteiger partial charge in [0, 0.05) is 24.7 Å². The van der Waals surface area contributed by atoms with Crippen molar-refractivity contribution in [3.63, 3.8) is 0 Å². The summed E-state index contributed by atoms with van der Waals surface area (Å²) in [7, 11) is 0. The predicted molar refractivity (Wildman–Crippen MR) is 101 cm³/mol. The molecule has 1 saturated carbocycles. The second-order valence-electron chi connectivity index (χ2n) is 7.91. The number of fused-ring (bicyclic) bond motifs is 1. The molecule has 4 rings (SSSR count). The minimum absolute atomic E-state index is 0.0752. The third kappa shape index (κ3) is 3.69. The van der Waals surface area contributed by atoms with Crippen LogP contribution in [-0.2, 0) is 23.3 Å². The van der Waals surface area contributed by atoms with E-state index in [1.807, 2.05) is 44.3 Å². The van der Waals surface area contributed by atoms with Crippen LogP contribution in [-0.4, -0.2) is 40.1 Å². The molecule has 1 saturated heterocycles. The van der Waals surface area contributed by atoms with E-state index in [0.29, 0.717) is 12.5 Å². The van der Waals surface area contributed by atoms with E-state index in [0.717, 1.165) is 36.5 Å². The molecule has 1 aliphatic heterocycles. The summed E-state index contributed by atoms with van der Waals surface area (Å²) < 4.78 is 7.34. The number of hydrogen-bond acceptors (Lipinski definition) is 5. The van der Waals surface area contributed by atoms with Crippen LogP contribution in [0.3, 0.4) is 0 Å². The van der Waals surface area contributed by atoms with Crippen LogP contribution >= 0.6 is 0 Å². The van der Waals surface area contributed by atoms with Crippen molar-refractivity contribution >= 4 is 5.91 Å². The zero-order valence-corrected chi connectivity index (χ0v) is 15.9. The SMILES string of the molecule is CC(C)Oc1cccc(CNC(=O)Cn2cc([C@]34CC[C@H]3CNC4)nn2)c1. The van der Waals surface area contributed by atoms with E-state index in [4.69, 9.17) is 4.74 Å². The van der Waals surface area contributed by atoms with Crippen LogP contribution in [0.1, 0.15) is 37.9 Å². The van der Waals surface area contributed by atoms with Crippen molar-refractivity contribution in [1.29, 1.82) is 0 Å². The molecule has 2 N–H and O–H groups in total. The van der Waals surface area contributed by atoms with Gasteiger partial charge in [-0.3, -0.25) is 4.79 Å². The molecule has 2 atom stereocenters. The number of hydrogen-bond donors (Lipinski definition) is 2. The van der Waals surface area contributed by atoms with Crippen LogP contribution in [0.5, 0.6) is 5.75 Å².